The van der Waals surface area contributed by atoms with E-state index in [2.05, 4.69) is 4.98 Å². The maximum Gasteiger partial charge on any atom is 0.224 e. The average Bonchev–Trinajstić information content (AvgIpc) is 2.86. The number of carbonyl (C=O) groups excluding carboxylic acids is 2. The summed E-state index contributed by atoms with van der Waals surface area (Å²) < 4.78 is 1.85. The van der Waals surface area contributed by atoms with Crippen molar-refractivity contribution in [3.05, 3.63) is 30.1 Å². The highest BCUT2D eigenvalue weighted by atomic mass is 16.3. The van der Waals surface area contributed by atoms with E-state index in [4.69, 9.17) is 0 Å². The Morgan fingerprint density at radius 2 is 1.88 bits per heavy atom. The van der Waals surface area contributed by atoms with Crippen molar-refractivity contribution in [1.29, 1.82) is 0 Å². The molecule has 8 nitrogen and oxygen atoms in total. The standard InChI is InChI=1S/C18H24N4O4/c1-13(24)20-8-9-21(11-14(25)10-20)18(26)6-7-22-16-5-3-2-4-15(16)19-17(22)12-23/h2-5,14,23,25H,6-12H2,1H3/t14-/m0/s1. The van der Waals surface area contributed by atoms with Crippen molar-refractivity contribution in [2.45, 2.75) is 32.6 Å². The molecule has 1 fully saturated rings. The van der Waals surface area contributed by atoms with E-state index in [1.807, 2.05) is 28.8 Å². The van der Waals surface area contributed by atoms with Gasteiger partial charge in [-0.05, 0) is 12.1 Å². The molecule has 0 saturated carbocycles. The van der Waals surface area contributed by atoms with E-state index < -0.39 is 6.10 Å². The molecule has 0 radical (unpaired) electrons. The van der Waals surface area contributed by atoms with Crippen LogP contribution in [0.3, 0.4) is 0 Å². The Kier molecular flexibility index (Phi) is 5.53. The molecule has 1 aromatic carbocycles. The Balaban J connectivity index is 1.68. The van der Waals surface area contributed by atoms with Crippen LogP contribution in [0.15, 0.2) is 24.3 Å². The van der Waals surface area contributed by atoms with Gasteiger partial charge in [0.1, 0.15) is 12.4 Å². The van der Waals surface area contributed by atoms with Crippen LogP contribution in [0.5, 0.6) is 0 Å². The largest absolute Gasteiger partial charge is 0.389 e. The number of hydrogen-bond donors (Lipinski definition) is 2. The third kappa shape index (κ3) is 3.86. The summed E-state index contributed by atoms with van der Waals surface area (Å²) in [5.74, 6) is 0.338. The molecule has 0 spiro atoms. The smallest absolute Gasteiger partial charge is 0.224 e. The zero-order valence-electron chi connectivity index (χ0n) is 14.8. The lowest BCUT2D eigenvalue weighted by Gasteiger charge is -2.22. The third-order valence-corrected chi connectivity index (χ3v) is 4.72. The number of fused-ring (bicyclic) bond motifs is 1. The highest BCUT2D eigenvalue weighted by Gasteiger charge is 2.25. The molecule has 2 N–H and O–H groups in total. The normalized spacial score (nSPS) is 18.2. The number of aryl methyl sites for hydroxylation is 1. The second kappa shape index (κ2) is 7.84. The van der Waals surface area contributed by atoms with Gasteiger partial charge in [-0.25, -0.2) is 4.98 Å². The van der Waals surface area contributed by atoms with E-state index >= 15 is 0 Å². The number of nitrogens with zero attached hydrogens (tertiary/aromatic N) is 4. The van der Waals surface area contributed by atoms with Gasteiger partial charge in [-0.15, -0.1) is 0 Å². The van der Waals surface area contributed by atoms with Crippen LogP contribution >= 0.6 is 0 Å². The van der Waals surface area contributed by atoms with E-state index in [9.17, 15) is 19.8 Å². The molecular weight excluding hydrogens is 336 g/mol. The number of imidazole rings is 1. The van der Waals surface area contributed by atoms with Gasteiger partial charge in [-0.1, -0.05) is 12.1 Å². The fourth-order valence-corrected chi connectivity index (χ4v) is 3.36. The lowest BCUT2D eigenvalue weighted by Crippen LogP contribution is -2.38. The summed E-state index contributed by atoms with van der Waals surface area (Å²) in [5.41, 5.74) is 1.66. The van der Waals surface area contributed by atoms with Crippen LogP contribution in [0.1, 0.15) is 19.2 Å². The summed E-state index contributed by atoms with van der Waals surface area (Å²) in [5, 5.41) is 19.6. The fourth-order valence-electron chi connectivity index (χ4n) is 3.36. The van der Waals surface area contributed by atoms with Crippen LogP contribution in [-0.2, 0) is 22.7 Å². The van der Waals surface area contributed by atoms with Gasteiger partial charge < -0.3 is 24.6 Å². The molecular formula is C18H24N4O4. The minimum absolute atomic E-state index is 0.0869. The van der Waals surface area contributed by atoms with Crippen molar-refractivity contribution in [1.82, 2.24) is 19.4 Å². The maximum absolute atomic E-state index is 12.6. The SMILES string of the molecule is CC(=O)N1CCN(C(=O)CCn2c(CO)nc3ccccc32)C[C@@H](O)C1. The van der Waals surface area contributed by atoms with Crippen molar-refractivity contribution in [3.63, 3.8) is 0 Å². The van der Waals surface area contributed by atoms with Crippen LogP contribution in [0.4, 0.5) is 0 Å². The number of benzene rings is 1. The summed E-state index contributed by atoms with van der Waals surface area (Å²) in [4.78, 5) is 31.7. The Bertz CT molecular complexity index is 804. The van der Waals surface area contributed by atoms with Gasteiger partial charge in [-0.2, -0.15) is 0 Å². The van der Waals surface area contributed by atoms with Gasteiger partial charge in [0.25, 0.3) is 0 Å². The molecule has 1 aliphatic rings. The van der Waals surface area contributed by atoms with Gasteiger partial charge >= 0.3 is 0 Å². The second-order valence-corrected chi connectivity index (χ2v) is 6.54. The van der Waals surface area contributed by atoms with Gasteiger partial charge in [-0.3, -0.25) is 9.59 Å². The average molecular weight is 360 g/mol. The fraction of sp³-hybridized carbons (Fsp3) is 0.500. The Hall–Kier alpha value is -2.45. The molecule has 0 bridgehead atoms. The molecule has 3 rings (SSSR count). The minimum Gasteiger partial charge on any atom is -0.389 e. The van der Waals surface area contributed by atoms with Gasteiger partial charge in [0.05, 0.1) is 17.1 Å². The van der Waals surface area contributed by atoms with Crippen LogP contribution in [-0.4, -0.2) is 73.7 Å². The number of carbonyl (C=O) groups is 2. The summed E-state index contributed by atoms with van der Waals surface area (Å²) in [6.07, 6.45) is -0.507. The number of hydrogen-bond acceptors (Lipinski definition) is 5. The van der Waals surface area contributed by atoms with Crippen LogP contribution in [0.2, 0.25) is 0 Å². The summed E-state index contributed by atoms with van der Waals surface area (Å²) in [6, 6.07) is 7.55. The number of aromatic nitrogens is 2. The monoisotopic (exact) mass is 360 g/mol. The van der Waals surface area contributed by atoms with E-state index in [0.717, 1.165) is 11.0 Å². The Labute approximate surface area is 151 Å². The highest BCUT2D eigenvalue weighted by molar-refractivity contribution is 5.78. The van der Waals surface area contributed by atoms with Crippen LogP contribution in [0.25, 0.3) is 11.0 Å². The molecule has 0 unspecified atom stereocenters. The number of aliphatic hydroxyl groups excluding tert-OH is 2. The highest BCUT2D eigenvalue weighted by Crippen LogP contribution is 2.17. The van der Waals surface area contributed by atoms with Crippen LogP contribution < -0.4 is 0 Å². The maximum atomic E-state index is 12.6. The van der Waals surface area contributed by atoms with Crippen molar-refractivity contribution in [2.24, 2.45) is 0 Å². The number of rotatable bonds is 4. The molecule has 2 amide bonds. The van der Waals surface area contributed by atoms with E-state index in [0.29, 0.717) is 25.5 Å². The number of aliphatic hydroxyl groups is 2. The van der Waals surface area contributed by atoms with Gasteiger partial charge in [0.2, 0.25) is 11.8 Å². The van der Waals surface area contributed by atoms with Crippen molar-refractivity contribution in [3.8, 4) is 0 Å². The molecule has 2 heterocycles. The van der Waals surface area contributed by atoms with E-state index in [-0.39, 0.29) is 37.9 Å². The first kappa shape index (κ1) is 18.3. The Morgan fingerprint density at radius 3 is 2.62 bits per heavy atom. The molecule has 140 valence electrons. The van der Waals surface area contributed by atoms with E-state index in [1.165, 1.54) is 6.92 Å². The quantitative estimate of drug-likeness (QED) is 0.798. The van der Waals surface area contributed by atoms with E-state index in [1.54, 1.807) is 9.80 Å². The molecule has 1 aromatic heterocycles. The van der Waals surface area contributed by atoms with Crippen molar-refractivity contribution in [2.75, 3.05) is 26.2 Å². The molecule has 1 atom stereocenters. The molecule has 8 heteroatoms. The first-order chi connectivity index (χ1) is 12.5. The number of amides is 2. The molecule has 26 heavy (non-hydrogen) atoms. The topological polar surface area (TPSA) is 98.9 Å². The molecule has 1 aliphatic heterocycles. The first-order valence-corrected chi connectivity index (χ1v) is 8.76. The molecule has 0 aliphatic carbocycles. The lowest BCUT2D eigenvalue weighted by molar-refractivity contribution is -0.133. The zero-order chi connectivity index (χ0) is 18.7. The van der Waals surface area contributed by atoms with Gasteiger partial charge in [0.15, 0.2) is 0 Å². The third-order valence-electron chi connectivity index (χ3n) is 4.72. The second-order valence-electron chi connectivity index (χ2n) is 6.54. The predicted octanol–water partition coefficient (Wildman–Crippen LogP) is -0.0297. The minimum atomic E-state index is -0.743. The number of para-hydroxylation sites is 2. The lowest BCUT2D eigenvalue weighted by atomic mass is 10.2. The molecule has 1 saturated heterocycles. The van der Waals surface area contributed by atoms with Crippen molar-refractivity contribution >= 4 is 22.8 Å². The van der Waals surface area contributed by atoms with Gasteiger partial charge in [0, 0.05) is 46.1 Å². The Morgan fingerprint density at radius 1 is 1.19 bits per heavy atom. The molecule has 2 aromatic rings. The summed E-state index contributed by atoms with van der Waals surface area (Å²) in [6.45, 7) is 2.98. The summed E-state index contributed by atoms with van der Waals surface area (Å²) >= 11 is 0. The first-order valence-electron chi connectivity index (χ1n) is 8.76. The van der Waals surface area contributed by atoms with Crippen LogP contribution in [0, 0.1) is 0 Å². The van der Waals surface area contributed by atoms with Crippen molar-refractivity contribution < 1.29 is 19.8 Å². The number of β-amino-alcohol motifs (C(OH)–C–C–N with tert-alkyl or cyclic N) is 1. The zero-order valence-corrected chi connectivity index (χ0v) is 14.8. The predicted molar refractivity (Wildman–Crippen MR) is 95.1 cm³/mol. The summed E-state index contributed by atoms with van der Waals surface area (Å²) in [7, 11) is 0.